The molecule has 28 heavy (non-hydrogen) atoms. The third-order valence-electron chi connectivity index (χ3n) is 3.67. The van der Waals surface area contributed by atoms with Crippen molar-refractivity contribution in [2.24, 2.45) is 0 Å². The molecule has 150 valence electrons. The van der Waals surface area contributed by atoms with E-state index in [1.165, 1.54) is 37.4 Å². The predicted octanol–water partition coefficient (Wildman–Crippen LogP) is 3.28. The van der Waals surface area contributed by atoms with Gasteiger partial charge < -0.3 is 14.8 Å². The minimum absolute atomic E-state index is 0.0502. The number of nitro groups is 1. The molecule has 0 atom stereocenters. The number of likely N-dealkylation sites (N-methyl/N-ethyl adjacent to an activating group) is 1. The van der Waals surface area contributed by atoms with E-state index < -0.39 is 11.5 Å². The molecule has 1 amide bonds. The van der Waals surface area contributed by atoms with Crippen LogP contribution in [0, 0.1) is 10.1 Å². The Labute approximate surface area is 159 Å². The Bertz CT molecular complexity index is 830. The monoisotopic (exact) mass is 395 g/mol. The summed E-state index contributed by atoms with van der Waals surface area (Å²) in [4.78, 5) is 23.9. The number of non-ortho nitro benzene ring substituents is 1. The molecule has 0 unspecified atom stereocenters. The van der Waals surface area contributed by atoms with Crippen molar-refractivity contribution >= 4 is 17.3 Å². The first-order valence-corrected chi connectivity index (χ1v) is 8.13. The molecule has 0 aliphatic heterocycles. The number of halogens is 2. The van der Waals surface area contributed by atoms with Crippen LogP contribution in [0.25, 0.3) is 0 Å². The second-order valence-electron chi connectivity index (χ2n) is 5.89. The number of ether oxygens (including phenoxy) is 2. The average molecular weight is 395 g/mol. The molecule has 10 heteroatoms. The Morgan fingerprint density at radius 1 is 1.21 bits per heavy atom. The maximum Gasteiger partial charge on any atom is 0.387 e. The molecule has 2 rings (SSSR count). The zero-order valence-corrected chi connectivity index (χ0v) is 15.2. The molecule has 0 aromatic heterocycles. The van der Waals surface area contributed by atoms with E-state index >= 15 is 0 Å². The highest BCUT2D eigenvalue weighted by molar-refractivity contribution is 5.92. The van der Waals surface area contributed by atoms with E-state index in [9.17, 15) is 23.7 Å². The first kappa shape index (κ1) is 21.0. The molecule has 0 saturated heterocycles. The van der Waals surface area contributed by atoms with E-state index in [1.54, 1.807) is 24.1 Å². The maximum atomic E-state index is 12.4. The summed E-state index contributed by atoms with van der Waals surface area (Å²) in [6.45, 7) is -2.54. The van der Waals surface area contributed by atoms with Crippen LogP contribution in [0.1, 0.15) is 5.56 Å². The van der Waals surface area contributed by atoms with Crippen LogP contribution >= 0.6 is 0 Å². The van der Waals surface area contributed by atoms with Crippen LogP contribution in [0.15, 0.2) is 42.5 Å². The van der Waals surface area contributed by atoms with Gasteiger partial charge in [-0.1, -0.05) is 6.07 Å². The Morgan fingerprint density at radius 3 is 2.46 bits per heavy atom. The normalized spacial score (nSPS) is 10.8. The minimum atomic E-state index is -2.95. The lowest BCUT2D eigenvalue weighted by atomic mass is 10.2. The smallest absolute Gasteiger partial charge is 0.387 e. The fraction of sp³-hybridized carbons (Fsp3) is 0.278. The number of nitrogens with one attached hydrogen (secondary N) is 1. The van der Waals surface area contributed by atoms with Crippen LogP contribution in [-0.4, -0.2) is 43.0 Å². The summed E-state index contributed by atoms with van der Waals surface area (Å²) in [5.41, 5.74) is 1.12. The van der Waals surface area contributed by atoms with Gasteiger partial charge in [0.1, 0.15) is 0 Å². The van der Waals surface area contributed by atoms with Gasteiger partial charge in [-0.25, -0.2) is 0 Å². The van der Waals surface area contributed by atoms with E-state index in [-0.39, 0.29) is 29.6 Å². The second kappa shape index (κ2) is 9.60. The third-order valence-corrected chi connectivity index (χ3v) is 3.67. The van der Waals surface area contributed by atoms with E-state index in [1.807, 2.05) is 0 Å². The highest BCUT2D eigenvalue weighted by Gasteiger charge is 2.13. The standard InChI is InChI=1S/C18H19F2N3O5/c1-22(10-12-3-8-15(28-18(19)20)16(9-12)27-2)11-17(24)21-13-4-6-14(7-5-13)23(25)26/h3-9,18H,10-11H2,1-2H3,(H,21,24). The molecule has 2 aromatic rings. The number of anilines is 1. The number of nitrogens with zero attached hydrogens (tertiary/aromatic N) is 2. The number of hydrogen-bond acceptors (Lipinski definition) is 6. The SMILES string of the molecule is COc1cc(CN(C)CC(=O)Nc2ccc([N+](=O)[O-])cc2)ccc1OC(F)F. The van der Waals surface area contributed by atoms with Gasteiger partial charge in [0, 0.05) is 24.4 Å². The average Bonchev–Trinajstić information content (AvgIpc) is 2.62. The van der Waals surface area contributed by atoms with Crippen molar-refractivity contribution in [3.63, 3.8) is 0 Å². The molecular formula is C18H19F2N3O5. The number of methoxy groups -OCH3 is 1. The second-order valence-corrected chi connectivity index (χ2v) is 5.89. The number of amides is 1. The number of alkyl halides is 2. The van der Waals surface area contributed by atoms with Gasteiger partial charge in [-0.15, -0.1) is 0 Å². The van der Waals surface area contributed by atoms with Crippen LogP contribution in [0.3, 0.4) is 0 Å². The van der Waals surface area contributed by atoms with Gasteiger partial charge in [0.15, 0.2) is 11.5 Å². The van der Waals surface area contributed by atoms with Gasteiger partial charge in [0.05, 0.1) is 18.6 Å². The minimum Gasteiger partial charge on any atom is -0.493 e. The molecule has 0 aliphatic carbocycles. The molecule has 2 aromatic carbocycles. The van der Waals surface area contributed by atoms with Crippen molar-refractivity contribution in [2.45, 2.75) is 13.2 Å². The zero-order chi connectivity index (χ0) is 20.7. The van der Waals surface area contributed by atoms with Gasteiger partial charge in [-0.05, 0) is 36.9 Å². The highest BCUT2D eigenvalue weighted by Crippen LogP contribution is 2.29. The lowest BCUT2D eigenvalue weighted by molar-refractivity contribution is -0.384. The van der Waals surface area contributed by atoms with Crippen LogP contribution < -0.4 is 14.8 Å². The first-order chi connectivity index (χ1) is 13.3. The Morgan fingerprint density at radius 2 is 1.89 bits per heavy atom. The summed E-state index contributed by atoms with van der Waals surface area (Å²) in [5, 5.41) is 13.3. The van der Waals surface area contributed by atoms with Crippen LogP contribution in [0.5, 0.6) is 11.5 Å². The fourth-order valence-electron chi connectivity index (χ4n) is 2.48. The number of rotatable bonds is 9. The van der Waals surface area contributed by atoms with Gasteiger partial charge in [0.25, 0.3) is 5.69 Å². The van der Waals surface area contributed by atoms with Gasteiger partial charge in [-0.3, -0.25) is 19.8 Å². The lowest BCUT2D eigenvalue weighted by Gasteiger charge is -2.18. The molecule has 0 spiro atoms. The number of benzene rings is 2. The lowest BCUT2D eigenvalue weighted by Crippen LogP contribution is -2.29. The molecule has 8 nitrogen and oxygen atoms in total. The van der Waals surface area contributed by atoms with Crippen molar-refractivity contribution < 1.29 is 28.0 Å². The summed E-state index contributed by atoms with van der Waals surface area (Å²) in [6, 6.07) is 10.0. The van der Waals surface area contributed by atoms with E-state index in [0.29, 0.717) is 12.2 Å². The number of hydrogen-bond donors (Lipinski definition) is 1. The molecule has 0 aliphatic rings. The summed E-state index contributed by atoms with van der Waals surface area (Å²) >= 11 is 0. The predicted molar refractivity (Wildman–Crippen MR) is 97.7 cm³/mol. The summed E-state index contributed by atoms with van der Waals surface area (Å²) < 4.78 is 34.2. The summed E-state index contributed by atoms with van der Waals surface area (Å²) in [7, 11) is 3.06. The summed E-state index contributed by atoms with van der Waals surface area (Å²) in [6.07, 6.45) is 0. The van der Waals surface area contributed by atoms with Crippen LogP contribution in [0.4, 0.5) is 20.2 Å². The summed E-state index contributed by atoms with van der Waals surface area (Å²) in [5.74, 6) is -0.206. The molecule has 1 N–H and O–H groups in total. The molecule has 0 bridgehead atoms. The van der Waals surface area contributed by atoms with Crippen molar-refractivity contribution in [1.82, 2.24) is 4.90 Å². The highest BCUT2D eigenvalue weighted by atomic mass is 19.3. The van der Waals surface area contributed by atoms with Gasteiger partial charge in [0.2, 0.25) is 5.91 Å². The molecule has 0 saturated carbocycles. The number of carbonyl (C=O) groups is 1. The topological polar surface area (TPSA) is 93.9 Å². The molecule has 0 radical (unpaired) electrons. The maximum absolute atomic E-state index is 12.4. The quantitative estimate of drug-likeness (QED) is 0.517. The van der Waals surface area contributed by atoms with E-state index in [0.717, 1.165) is 5.56 Å². The molecule has 0 heterocycles. The van der Waals surface area contributed by atoms with Crippen molar-refractivity contribution in [2.75, 3.05) is 26.0 Å². The van der Waals surface area contributed by atoms with Gasteiger partial charge in [-0.2, -0.15) is 8.78 Å². The number of carbonyl (C=O) groups excluding carboxylic acids is 1. The largest absolute Gasteiger partial charge is 0.493 e. The Kier molecular flexibility index (Phi) is 7.21. The Hall–Kier alpha value is -3.27. The van der Waals surface area contributed by atoms with Crippen LogP contribution in [-0.2, 0) is 11.3 Å². The first-order valence-electron chi connectivity index (χ1n) is 8.13. The van der Waals surface area contributed by atoms with Crippen molar-refractivity contribution in [3.05, 3.63) is 58.1 Å². The van der Waals surface area contributed by atoms with Crippen molar-refractivity contribution in [1.29, 1.82) is 0 Å². The van der Waals surface area contributed by atoms with Crippen LogP contribution in [0.2, 0.25) is 0 Å². The van der Waals surface area contributed by atoms with Gasteiger partial charge >= 0.3 is 6.61 Å². The van der Waals surface area contributed by atoms with E-state index in [4.69, 9.17) is 4.74 Å². The van der Waals surface area contributed by atoms with E-state index in [2.05, 4.69) is 10.1 Å². The third kappa shape index (κ3) is 6.16. The zero-order valence-electron chi connectivity index (χ0n) is 15.2. The van der Waals surface area contributed by atoms with Crippen molar-refractivity contribution in [3.8, 4) is 11.5 Å². The number of nitro benzene ring substituents is 1. The Balaban J connectivity index is 1.92. The fourth-order valence-corrected chi connectivity index (χ4v) is 2.48. The molecule has 0 fully saturated rings. The molecular weight excluding hydrogens is 376 g/mol.